The number of nitrogens with zero attached hydrogens (tertiary/aromatic N) is 1. The summed E-state index contributed by atoms with van der Waals surface area (Å²) in [7, 11) is 0. The molecule has 15 heavy (non-hydrogen) atoms. The van der Waals surface area contributed by atoms with Crippen molar-refractivity contribution in [1.29, 1.82) is 0 Å². The predicted octanol–water partition coefficient (Wildman–Crippen LogP) is 3.32. The van der Waals surface area contributed by atoms with Crippen molar-refractivity contribution in [2.75, 3.05) is 5.32 Å². The van der Waals surface area contributed by atoms with Crippen molar-refractivity contribution in [2.45, 2.75) is 19.9 Å². The Bertz CT molecular complexity index is 409. The molecule has 0 saturated carbocycles. The molecule has 0 bridgehead atoms. The molecule has 0 aliphatic carbocycles. The van der Waals surface area contributed by atoms with Crippen molar-refractivity contribution in [2.24, 2.45) is 0 Å². The Morgan fingerprint density at radius 3 is 2.80 bits per heavy atom. The van der Waals surface area contributed by atoms with Gasteiger partial charge in [0.05, 0.1) is 11.2 Å². The molecule has 0 spiro atoms. The van der Waals surface area contributed by atoms with Crippen molar-refractivity contribution >= 4 is 16.3 Å². The molecule has 0 saturated heterocycles. The topological polar surface area (TPSA) is 24.9 Å². The average Bonchev–Trinajstić information content (AvgIpc) is 2.75. The molecule has 1 aromatic heterocycles. The fourth-order valence-corrected chi connectivity index (χ4v) is 2.22. The van der Waals surface area contributed by atoms with E-state index in [1.54, 1.807) is 11.3 Å². The molecular weight excluding hydrogens is 204 g/mol. The second-order valence-electron chi connectivity index (χ2n) is 3.32. The second kappa shape index (κ2) is 4.94. The lowest BCUT2D eigenvalue weighted by Crippen LogP contribution is -1.99. The molecule has 0 aliphatic heterocycles. The summed E-state index contributed by atoms with van der Waals surface area (Å²) >= 11 is 1.67. The van der Waals surface area contributed by atoms with Crippen molar-refractivity contribution in [3.05, 3.63) is 47.1 Å². The minimum absolute atomic E-state index is 0.871. The summed E-state index contributed by atoms with van der Waals surface area (Å²) in [5.41, 5.74) is 4.36. The van der Waals surface area contributed by atoms with Crippen LogP contribution in [0.15, 0.2) is 35.8 Å². The van der Waals surface area contributed by atoms with Gasteiger partial charge in [0, 0.05) is 6.54 Å². The lowest BCUT2D eigenvalue weighted by molar-refractivity contribution is 1.05. The fraction of sp³-hybridized carbons (Fsp3) is 0.250. The summed E-state index contributed by atoms with van der Waals surface area (Å²) in [6.07, 6.45) is 0.987. The average molecular weight is 218 g/mol. The van der Waals surface area contributed by atoms with Gasteiger partial charge in [-0.15, -0.1) is 11.3 Å². The molecule has 3 heteroatoms. The van der Waals surface area contributed by atoms with E-state index < -0.39 is 0 Å². The number of hydrogen-bond acceptors (Lipinski definition) is 3. The van der Waals surface area contributed by atoms with Gasteiger partial charge in [-0.05, 0) is 12.0 Å². The summed E-state index contributed by atoms with van der Waals surface area (Å²) < 4.78 is 0. The lowest BCUT2D eigenvalue weighted by atomic mass is 10.2. The molecule has 1 N–H and O–H groups in total. The van der Waals surface area contributed by atoms with Gasteiger partial charge in [-0.2, -0.15) is 0 Å². The second-order valence-corrected chi connectivity index (χ2v) is 4.18. The summed E-state index contributed by atoms with van der Waals surface area (Å²) in [5.74, 6) is 0. The third-order valence-electron chi connectivity index (χ3n) is 2.27. The zero-order chi connectivity index (χ0) is 10.5. The highest BCUT2D eigenvalue weighted by molar-refractivity contribution is 7.14. The maximum Gasteiger partial charge on any atom is 0.112 e. The Kier molecular flexibility index (Phi) is 3.35. The van der Waals surface area contributed by atoms with E-state index in [-0.39, 0.29) is 0 Å². The molecule has 2 rings (SSSR count). The summed E-state index contributed by atoms with van der Waals surface area (Å²) in [6.45, 7) is 3.00. The highest BCUT2D eigenvalue weighted by Gasteiger charge is 2.02. The molecule has 0 fully saturated rings. The molecule has 0 unspecified atom stereocenters. The minimum Gasteiger partial charge on any atom is -0.371 e. The van der Waals surface area contributed by atoms with Gasteiger partial charge in [0.25, 0.3) is 0 Å². The Labute approximate surface area is 94.0 Å². The van der Waals surface area contributed by atoms with Crippen LogP contribution < -0.4 is 5.32 Å². The van der Waals surface area contributed by atoms with Crippen molar-refractivity contribution < 1.29 is 0 Å². The Balaban J connectivity index is 1.99. The van der Waals surface area contributed by atoms with Crippen LogP contribution in [0.4, 0.5) is 5.00 Å². The Hall–Kier alpha value is -1.35. The first-order valence-electron chi connectivity index (χ1n) is 5.10. The third kappa shape index (κ3) is 2.57. The van der Waals surface area contributed by atoms with Gasteiger partial charge in [-0.25, -0.2) is 4.98 Å². The van der Waals surface area contributed by atoms with Gasteiger partial charge in [-0.1, -0.05) is 37.3 Å². The quantitative estimate of drug-likeness (QED) is 0.851. The molecule has 2 aromatic rings. The Morgan fingerprint density at radius 2 is 2.07 bits per heavy atom. The molecule has 1 heterocycles. The van der Waals surface area contributed by atoms with Crippen LogP contribution in [-0.2, 0) is 13.0 Å². The first-order valence-corrected chi connectivity index (χ1v) is 5.98. The third-order valence-corrected chi connectivity index (χ3v) is 3.10. The van der Waals surface area contributed by atoms with E-state index in [4.69, 9.17) is 0 Å². The number of aromatic nitrogens is 1. The maximum atomic E-state index is 4.30. The molecule has 0 aliphatic rings. The van der Waals surface area contributed by atoms with Gasteiger partial charge in [0.15, 0.2) is 0 Å². The molecule has 0 atom stereocenters. The van der Waals surface area contributed by atoms with Crippen LogP contribution in [0.25, 0.3) is 0 Å². The minimum atomic E-state index is 0.871. The molecule has 2 nitrogen and oxygen atoms in total. The van der Waals surface area contributed by atoms with Gasteiger partial charge in [0.1, 0.15) is 5.00 Å². The molecule has 0 radical (unpaired) electrons. The number of thiazole rings is 1. The summed E-state index contributed by atoms with van der Waals surface area (Å²) in [5, 5.41) is 4.61. The van der Waals surface area contributed by atoms with Crippen LogP contribution in [-0.4, -0.2) is 4.98 Å². The van der Waals surface area contributed by atoms with Crippen LogP contribution in [0.1, 0.15) is 18.2 Å². The number of rotatable bonds is 4. The van der Waals surface area contributed by atoms with E-state index in [1.165, 1.54) is 10.6 Å². The monoisotopic (exact) mass is 218 g/mol. The summed E-state index contributed by atoms with van der Waals surface area (Å²) in [4.78, 5) is 4.30. The van der Waals surface area contributed by atoms with Gasteiger partial charge in [0.2, 0.25) is 0 Å². The normalized spacial score (nSPS) is 10.2. The number of aryl methyl sites for hydroxylation is 1. The van der Waals surface area contributed by atoms with Gasteiger partial charge >= 0.3 is 0 Å². The van der Waals surface area contributed by atoms with Gasteiger partial charge in [-0.3, -0.25) is 0 Å². The SMILES string of the molecule is CCc1ncsc1NCc1ccccc1. The molecule has 0 amide bonds. The summed E-state index contributed by atoms with van der Waals surface area (Å²) in [6, 6.07) is 10.4. The van der Waals surface area contributed by atoms with Crippen LogP contribution in [0, 0.1) is 0 Å². The standard InChI is InChI=1S/C12H14N2S/c1-2-11-12(15-9-14-11)13-8-10-6-4-3-5-7-10/h3-7,9,13H,2,8H2,1H3. The van der Waals surface area contributed by atoms with Gasteiger partial charge < -0.3 is 5.32 Å². The highest BCUT2D eigenvalue weighted by atomic mass is 32.1. The van der Waals surface area contributed by atoms with E-state index in [0.29, 0.717) is 0 Å². The number of benzene rings is 1. The van der Waals surface area contributed by atoms with E-state index in [2.05, 4.69) is 41.5 Å². The van der Waals surface area contributed by atoms with Crippen LogP contribution >= 0.6 is 11.3 Å². The first-order chi connectivity index (χ1) is 7.40. The molecular formula is C12H14N2S. The van der Waals surface area contributed by atoms with Crippen LogP contribution in [0.5, 0.6) is 0 Å². The van der Waals surface area contributed by atoms with Crippen molar-refractivity contribution in [3.8, 4) is 0 Å². The smallest absolute Gasteiger partial charge is 0.112 e. The predicted molar refractivity (Wildman–Crippen MR) is 65.3 cm³/mol. The van der Waals surface area contributed by atoms with E-state index in [1.807, 2.05) is 11.6 Å². The fourth-order valence-electron chi connectivity index (χ4n) is 1.44. The maximum absolute atomic E-state index is 4.30. The van der Waals surface area contributed by atoms with E-state index in [9.17, 15) is 0 Å². The highest BCUT2D eigenvalue weighted by Crippen LogP contribution is 2.21. The number of nitrogens with one attached hydrogen (secondary N) is 1. The van der Waals surface area contributed by atoms with E-state index >= 15 is 0 Å². The number of anilines is 1. The molecule has 78 valence electrons. The van der Waals surface area contributed by atoms with Crippen molar-refractivity contribution in [3.63, 3.8) is 0 Å². The van der Waals surface area contributed by atoms with Crippen LogP contribution in [0.2, 0.25) is 0 Å². The van der Waals surface area contributed by atoms with Crippen LogP contribution in [0.3, 0.4) is 0 Å². The zero-order valence-corrected chi connectivity index (χ0v) is 9.55. The largest absolute Gasteiger partial charge is 0.371 e. The number of hydrogen-bond donors (Lipinski definition) is 1. The molecule has 1 aromatic carbocycles. The van der Waals surface area contributed by atoms with E-state index in [0.717, 1.165) is 18.7 Å². The Morgan fingerprint density at radius 1 is 1.27 bits per heavy atom. The zero-order valence-electron chi connectivity index (χ0n) is 8.73. The van der Waals surface area contributed by atoms with Crippen molar-refractivity contribution in [1.82, 2.24) is 4.98 Å². The lowest BCUT2D eigenvalue weighted by Gasteiger charge is -2.04. The first kappa shape index (κ1) is 10.2.